The van der Waals surface area contributed by atoms with Crippen molar-refractivity contribution in [1.82, 2.24) is 0 Å². The number of likely N-dealkylation sites (N-methyl/N-ethyl adjacent to an activating group) is 1. The van der Waals surface area contributed by atoms with Crippen molar-refractivity contribution in [2.24, 2.45) is 10.2 Å². The van der Waals surface area contributed by atoms with Gasteiger partial charge >= 0.3 is 0 Å². The molecule has 0 aliphatic heterocycles. The number of aliphatic hydroxyl groups excluding tert-OH is 1. The zero-order chi connectivity index (χ0) is 17.5. The van der Waals surface area contributed by atoms with Crippen LogP contribution in [0.5, 0.6) is 0 Å². The highest BCUT2D eigenvalue weighted by Gasteiger charge is 2.16. The van der Waals surface area contributed by atoms with E-state index in [9.17, 15) is 4.79 Å². The lowest BCUT2D eigenvalue weighted by molar-refractivity contribution is 0.112. The predicted molar refractivity (Wildman–Crippen MR) is 95.0 cm³/mol. The summed E-state index contributed by atoms with van der Waals surface area (Å²) in [5.74, 6) is 0. The molecular weight excluding hydrogens is 348 g/mol. The van der Waals surface area contributed by atoms with E-state index < -0.39 is 0 Å². The van der Waals surface area contributed by atoms with Gasteiger partial charge in [-0.25, -0.2) is 0 Å². The first-order valence-electron chi connectivity index (χ1n) is 7.19. The van der Waals surface area contributed by atoms with Gasteiger partial charge in [0.25, 0.3) is 0 Å². The van der Waals surface area contributed by atoms with E-state index in [2.05, 4.69) is 10.2 Å². The number of azo groups is 1. The molecule has 0 fully saturated rings. The molecule has 2 aromatic rings. The van der Waals surface area contributed by atoms with Gasteiger partial charge in [0.2, 0.25) is 0 Å². The van der Waals surface area contributed by atoms with E-state index in [0.717, 1.165) is 23.6 Å². The fourth-order valence-corrected chi connectivity index (χ4v) is 3.21. The SMILES string of the molecule is CCN(CCO)c1ccc(N=Nc2sc(C=O)c(Cl)c2C#N)cc1. The molecule has 8 heteroatoms. The highest BCUT2D eigenvalue weighted by Crippen LogP contribution is 2.38. The molecule has 0 saturated heterocycles. The minimum absolute atomic E-state index is 0.0877. The van der Waals surface area contributed by atoms with Gasteiger partial charge < -0.3 is 10.0 Å². The van der Waals surface area contributed by atoms with Crippen molar-refractivity contribution in [3.8, 4) is 6.07 Å². The average Bonchev–Trinajstić information content (AvgIpc) is 2.93. The molecule has 0 aliphatic rings. The van der Waals surface area contributed by atoms with Crippen LogP contribution in [0.3, 0.4) is 0 Å². The molecule has 0 radical (unpaired) electrons. The highest BCUT2D eigenvalue weighted by molar-refractivity contribution is 7.18. The molecule has 1 N–H and O–H groups in total. The van der Waals surface area contributed by atoms with E-state index in [1.54, 1.807) is 12.1 Å². The van der Waals surface area contributed by atoms with E-state index in [0.29, 0.717) is 23.5 Å². The summed E-state index contributed by atoms with van der Waals surface area (Å²) in [5, 5.41) is 26.7. The number of hydrogen-bond acceptors (Lipinski definition) is 7. The lowest BCUT2D eigenvalue weighted by atomic mass is 10.2. The van der Waals surface area contributed by atoms with Crippen LogP contribution in [0.25, 0.3) is 0 Å². The number of benzene rings is 1. The van der Waals surface area contributed by atoms with Gasteiger partial charge in [0.15, 0.2) is 11.3 Å². The maximum atomic E-state index is 10.9. The predicted octanol–water partition coefficient (Wildman–Crippen LogP) is 4.32. The summed E-state index contributed by atoms with van der Waals surface area (Å²) in [6.07, 6.45) is 0.599. The number of rotatable bonds is 7. The Hall–Kier alpha value is -2.27. The van der Waals surface area contributed by atoms with E-state index in [4.69, 9.17) is 22.0 Å². The smallest absolute Gasteiger partial charge is 0.161 e. The molecule has 124 valence electrons. The molecule has 1 aromatic carbocycles. The lowest BCUT2D eigenvalue weighted by Crippen LogP contribution is -2.25. The Kier molecular flexibility index (Phi) is 6.44. The first-order chi connectivity index (χ1) is 11.6. The summed E-state index contributed by atoms with van der Waals surface area (Å²) in [5.41, 5.74) is 1.75. The zero-order valence-electron chi connectivity index (χ0n) is 12.9. The average molecular weight is 363 g/mol. The Morgan fingerprint density at radius 1 is 1.38 bits per heavy atom. The van der Waals surface area contributed by atoms with Crippen molar-refractivity contribution in [3.05, 3.63) is 39.7 Å². The first kappa shape index (κ1) is 18.1. The molecule has 24 heavy (non-hydrogen) atoms. The summed E-state index contributed by atoms with van der Waals surface area (Å²) >= 11 is 6.97. The fraction of sp³-hybridized carbons (Fsp3) is 0.250. The van der Waals surface area contributed by atoms with Crippen LogP contribution in [0.1, 0.15) is 22.2 Å². The summed E-state index contributed by atoms with van der Waals surface area (Å²) in [6, 6.07) is 9.29. The molecule has 0 atom stereocenters. The number of carbonyl (C=O) groups is 1. The number of thiophene rings is 1. The van der Waals surface area contributed by atoms with E-state index in [-0.39, 0.29) is 22.1 Å². The maximum Gasteiger partial charge on any atom is 0.161 e. The van der Waals surface area contributed by atoms with Crippen LogP contribution >= 0.6 is 22.9 Å². The molecule has 0 aliphatic carbocycles. The second-order valence-electron chi connectivity index (χ2n) is 4.71. The van der Waals surface area contributed by atoms with Crippen molar-refractivity contribution >= 4 is 45.6 Å². The molecule has 6 nitrogen and oxygen atoms in total. The molecular formula is C16H15ClN4O2S. The first-order valence-corrected chi connectivity index (χ1v) is 8.39. The van der Waals surface area contributed by atoms with Gasteiger partial charge in [-0.2, -0.15) is 5.26 Å². The summed E-state index contributed by atoms with van der Waals surface area (Å²) in [7, 11) is 0. The lowest BCUT2D eigenvalue weighted by Gasteiger charge is -2.21. The van der Waals surface area contributed by atoms with Crippen LogP contribution in [0.2, 0.25) is 5.02 Å². The van der Waals surface area contributed by atoms with Gasteiger partial charge in [-0.05, 0) is 31.2 Å². The van der Waals surface area contributed by atoms with Crippen LogP contribution in [0.15, 0.2) is 34.5 Å². The van der Waals surface area contributed by atoms with Crippen LogP contribution in [0, 0.1) is 11.3 Å². The van der Waals surface area contributed by atoms with Gasteiger partial charge in [0, 0.05) is 18.8 Å². The van der Waals surface area contributed by atoms with Gasteiger partial charge in [-0.15, -0.1) is 21.6 Å². The van der Waals surface area contributed by atoms with Gasteiger partial charge in [0.05, 0.1) is 22.2 Å². The van der Waals surface area contributed by atoms with Crippen molar-refractivity contribution in [2.45, 2.75) is 6.92 Å². The molecule has 0 spiro atoms. The number of hydrogen-bond donors (Lipinski definition) is 1. The fourth-order valence-electron chi connectivity index (χ4n) is 2.08. The van der Waals surface area contributed by atoms with Crippen LogP contribution in [-0.2, 0) is 0 Å². The van der Waals surface area contributed by atoms with Crippen molar-refractivity contribution in [2.75, 3.05) is 24.6 Å². The van der Waals surface area contributed by atoms with E-state index in [1.807, 2.05) is 30.0 Å². The Morgan fingerprint density at radius 2 is 2.08 bits per heavy atom. The summed E-state index contributed by atoms with van der Waals surface area (Å²) < 4.78 is 0. The van der Waals surface area contributed by atoms with Crippen LogP contribution in [-0.4, -0.2) is 31.1 Å². The minimum atomic E-state index is 0.0877. The number of anilines is 1. The molecule has 1 aromatic heterocycles. The number of aliphatic hydroxyl groups is 1. The number of carbonyl (C=O) groups excluding carboxylic acids is 1. The third-order valence-corrected chi connectivity index (χ3v) is 4.80. The van der Waals surface area contributed by atoms with Gasteiger partial charge in [-0.1, -0.05) is 11.6 Å². The minimum Gasteiger partial charge on any atom is -0.395 e. The van der Waals surface area contributed by atoms with Crippen molar-refractivity contribution in [1.29, 1.82) is 5.26 Å². The van der Waals surface area contributed by atoms with E-state index >= 15 is 0 Å². The third-order valence-electron chi connectivity index (χ3n) is 3.30. The van der Waals surface area contributed by atoms with Crippen molar-refractivity contribution < 1.29 is 9.90 Å². The van der Waals surface area contributed by atoms with Crippen LogP contribution in [0.4, 0.5) is 16.4 Å². The highest BCUT2D eigenvalue weighted by atomic mass is 35.5. The van der Waals surface area contributed by atoms with Gasteiger partial charge in [-0.3, -0.25) is 4.79 Å². The number of nitriles is 1. The topological polar surface area (TPSA) is 89.0 Å². The second-order valence-corrected chi connectivity index (χ2v) is 6.12. The van der Waals surface area contributed by atoms with Crippen LogP contribution < -0.4 is 4.90 Å². The molecule has 1 heterocycles. The monoisotopic (exact) mass is 362 g/mol. The largest absolute Gasteiger partial charge is 0.395 e. The standard InChI is InChI=1S/C16H15ClN4O2S/c1-2-21(7-8-22)12-5-3-11(4-6-12)19-20-16-13(9-18)15(17)14(10-23)24-16/h3-6,10,22H,2,7-8H2,1H3. The maximum absolute atomic E-state index is 10.9. The Morgan fingerprint density at radius 3 is 2.62 bits per heavy atom. The van der Waals surface area contributed by atoms with Gasteiger partial charge in [0.1, 0.15) is 11.6 Å². The van der Waals surface area contributed by atoms with E-state index in [1.165, 1.54) is 0 Å². The Bertz CT molecular complexity index is 781. The summed E-state index contributed by atoms with van der Waals surface area (Å²) in [6.45, 7) is 3.45. The zero-order valence-corrected chi connectivity index (χ0v) is 14.5. The number of halogens is 1. The molecule has 0 bridgehead atoms. The molecule has 0 saturated carbocycles. The Labute approximate surface area is 148 Å². The molecule has 0 amide bonds. The number of aldehydes is 1. The quantitative estimate of drug-likeness (QED) is 0.586. The second kappa shape index (κ2) is 8.55. The molecule has 2 rings (SSSR count). The molecule has 0 unspecified atom stereocenters. The number of nitrogens with zero attached hydrogens (tertiary/aromatic N) is 4. The summed E-state index contributed by atoms with van der Waals surface area (Å²) in [4.78, 5) is 13.2. The van der Waals surface area contributed by atoms with Crippen molar-refractivity contribution in [3.63, 3.8) is 0 Å². The normalized spacial score (nSPS) is 10.8. The third kappa shape index (κ3) is 3.97. The Balaban J connectivity index is 2.21.